The molecule has 0 aliphatic carbocycles. The minimum Gasteiger partial charge on any atom is -0.497 e. The summed E-state index contributed by atoms with van der Waals surface area (Å²) in [6, 6.07) is 13.6. The number of carbonyl (C=O) groups excluding carboxylic acids is 1. The summed E-state index contributed by atoms with van der Waals surface area (Å²) in [6.45, 7) is 1.85. The Bertz CT molecular complexity index is 1020. The molecular weight excluding hydrogens is 404 g/mol. The molecule has 170 valence electrons. The van der Waals surface area contributed by atoms with Crippen LogP contribution in [0.15, 0.2) is 54.9 Å². The lowest BCUT2D eigenvalue weighted by Crippen LogP contribution is -2.39. The van der Waals surface area contributed by atoms with Gasteiger partial charge in [-0.05, 0) is 49.5 Å². The van der Waals surface area contributed by atoms with Crippen molar-refractivity contribution < 1.29 is 9.53 Å². The Balaban J connectivity index is 1.82. The molecule has 8 heteroatoms. The molecule has 2 aromatic carbocycles. The highest BCUT2D eigenvalue weighted by Gasteiger charge is 2.17. The number of anilines is 2. The Hall–Kier alpha value is -3.52. The first-order chi connectivity index (χ1) is 15.4. The molecule has 8 nitrogen and oxygen atoms in total. The van der Waals surface area contributed by atoms with Gasteiger partial charge in [-0.2, -0.15) is 5.10 Å². The number of rotatable bonds is 9. The molecule has 0 atom stereocenters. The number of amides is 2. The van der Waals surface area contributed by atoms with Crippen molar-refractivity contribution >= 4 is 17.4 Å². The molecule has 3 aromatic rings. The van der Waals surface area contributed by atoms with Crippen molar-refractivity contribution in [2.75, 3.05) is 58.6 Å². The molecule has 2 N–H and O–H groups in total. The molecule has 2 amide bonds. The lowest BCUT2D eigenvalue weighted by molar-refractivity contribution is 0.202. The van der Waals surface area contributed by atoms with Crippen molar-refractivity contribution in [3.63, 3.8) is 0 Å². The van der Waals surface area contributed by atoms with E-state index in [1.54, 1.807) is 13.3 Å². The smallest absolute Gasteiger partial charge is 0.322 e. The van der Waals surface area contributed by atoms with Crippen molar-refractivity contribution in [3.05, 3.63) is 60.4 Å². The van der Waals surface area contributed by atoms with Crippen molar-refractivity contribution in [3.8, 4) is 16.9 Å². The number of hydrogen-bond acceptors (Lipinski definition) is 5. The molecule has 3 rings (SSSR count). The van der Waals surface area contributed by atoms with Crippen LogP contribution in [0.2, 0.25) is 0 Å². The second-order valence-electron chi connectivity index (χ2n) is 8.12. The second-order valence-corrected chi connectivity index (χ2v) is 8.12. The molecule has 0 fully saturated rings. The third-order valence-corrected chi connectivity index (χ3v) is 5.16. The van der Waals surface area contributed by atoms with E-state index < -0.39 is 0 Å². The first-order valence-corrected chi connectivity index (χ1v) is 10.5. The number of nitrogens with zero attached hydrogens (tertiary/aromatic N) is 4. The topological polar surface area (TPSA) is 76.7 Å². The number of benzene rings is 2. The number of carbonyl (C=O) groups is 1. The van der Waals surface area contributed by atoms with E-state index in [4.69, 9.17) is 4.74 Å². The predicted molar refractivity (Wildman–Crippen MR) is 129 cm³/mol. The Kier molecular flexibility index (Phi) is 7.72. The van der Waals surface area contributed by atoms with Crippen LogP contribution >= 0.6 is 0 Å². The maximum atomic E-state index is 13.3. The number of likely N-dealkylation sites (N-methyl/N-ethyl adjacent to an activating group) is 1. The van der Waals surface area contributed by atoms with Gasteiger partial charge in [0.15, 0.2) is 0 Å². The van der Waals surface area contributed by atoms with Crippen LogP contribution in [0.25, 0.3) is 11.1 Å². The van der Waals surface area contributed by atoms with Crippen LogP contribution in [0.3, 0.4) is 0 Å². The van der Waals surface area contributed by atoms with Crippen molar-refractivity contribution in [2.45, 2.75) is 6.54 Å². The number of methoxy groups -OCH3 is 1. The average Bonchev–Trinajstić information content (AvgIpc) is 3.31. The highest BCUT2D eigenvalue weighted by molar-refractivity contribution is 5.94. The van der Waals surface area contributed by atoms with Crippen LogP contribution in [0, 0.1) is 0 Å². The van der Waals surface area contributed by atoms with Crippen LogP contribution in [0.5, 0.6) is 5.75 Å². The molecule has 0 radical (unpaired) electrons. The van der Waals surface area contributed by atoms with Gasteiger partial charge in [0.1, 0.15) is 5.75 Å². The highest BCUT2D eigenvalue weighted by atomic mass is 16.5. The van der Waals surface area contributed by atoms with Crippen molar-refractivity contribution in [1.29, 1.82) is 0 Å². The third kappa shape index (κ3) is 6.01. The number of nitrogens with one attached hydrogen (secondary N) is 2. The Morgan fingerprint density at radius 3 is 2.53 bits per heavy atom. The summed E-state index contributed by atoms with van der Waals surface area (Å²) in [5.74, 6) is 0.778. The fraction of sp³-hybridized carbons (Fsp3) is 0.333. The van der Waals surface area contributed by atoms with Gasteiger partial charge in [-0.15, -0.1) is 0 Å². The van der Waals surface area contributed by atoms with E-state index in [9.17, 15) is 4.79 Å². The number of aromatic nitrogens is 2. The Morgan fingerprint density at radius 2 is 1.88 bits per heavy atom. The molecular formula is C24H32N6O2. The molecule has 1 aromatic heterocycles. The zero-order valence-corrected chi connectivity index (χ0v) is 19.4. The molecule has 1 heterocycles. The largest absolute Gasteiger partial charge is 0.497 e. The molecule has 0 saturated heterocycles. The maximum absolute atomic E-state index is 13.3. The van der Waals surface area contributed by atoms with Crippen molar-refractivity contribution in [2.24, 2.45) is 0 Å². The van der Waals surface area contributed by atoms with E-state index in [0.29, 0.717) is 13.1 Å². The molecule has 0 aliphatic rings. The first kappa shape index (κ1) is 23.1. The third-order valence-electron chi connectivity index (χ3n) is 5.16. The average molecular weight is 437 g/mol. The Labute approximate surface area is 189 Å². The number of hydrogen-bond donors (Lipinski definition) is 2. The maximum Gasteiger partial charge on any atom is 0.322 e. The molecule has 0 spiro atoms. The number of H-pyrrole nitrogens is 1. The van der Waals surface area contributed by atoms with Crippen LogP contribution in [0.4, 0.5) is 16.2 Å². The number of urea groups is 1. The number of aromatic amines is 1. The van der Waals surface area contributed by atoms with Gasteiger partial charge in [0.05, 0.1) is 24.7 Å². The summed E-state index contributed by atoms with van der Waals surface area (Å²) in [5.41, 5.74) is 4.72. The summed E-state index contributed by atoms with van der Waals surface area (Å²) in [5, 5.41) is 9.98. The molecule has 0 saturated carbocycles. The summed E-state index contributed by atoms with van der Waals surface area (Å²) in [7, 11) is 9.57. The number of ether oxygens (including phenoxy) is 1. The Morgan fingerprint density at radius 1 is 1.06 bits per heavy atom. The van der Waals surface area contributed by atoms with Crippen LogP contribution < -0.4 is 15.0 Å². The van der Waals surface area contributed by atoms with E-state index in [1.165, 1.54) is 0 Å². The van der Waals surface area contributed by atoms with Gasteiger partial charge in [0.25, 0.3) is 0 Å². The summed E-state index contributed by atoms with van der Waals surface area (Å²) >= 11 is 0. The predicted octanol–water partition coefficient (Wildman–Crippen LogP) is 3.75. The lowest BCUT2D eigenvalue weighted by Gasteiger charge is -2.26. The highest BCUT2D eigenvalue weighted by Crippen LogP contribution is 2.30. The summed E-state index contributed by atoms with van der Waals surface area (Å²) in [4.78, 5) is 19.2. The van der Waals surface area contributed by atoms with Gasteiger partial charge in [-0.3, -0.25) is 5.10 Å². The van der Waals surface area contributed by atoms with E-state index in [1.807, 2.05) is 86.7 Å². The zero-order chi connectivity index (χ0) is 23.1. The lowest BCUT2D eigenvalue weighted by atomic mass is 10.1. The molecule has 0 aliphatic heterocycles. The summed E-state index contributed by atoms with van der Waals surface area (Å²) < 4.78 is 5.34. The van der Waals surface area contributed by atoms with E-state index in [-0.39, 0.29) is 6.03 Å². The van der Waals surface area contributed by atoms with Gasteiger partial charge in [-0.25, -0.2) is 4.79 Å². The molecule has 0 unspecified atom stereocenters. The van der Waals surface area contributed by atoms with Crippen LogP contribution in [-0.2, 0) is 6.54 Å². The van der Waals surface area contributed by atoms with Crippen LogP contribution in [-0.4, -0.2) is 74.4 Å². The second kappa shape index (κ2) is 10.7. The quantitative estimate of drug-likeness (QED) is 0.534. The van der Waals surface area contributed by atoms with E-state index >= 15 is 0 Å². The van der Waals surface area contributed by atoms with E-state index in [0.717, 1.165) is 40.4 Å². The van der Waals surface area contributed by atoms with Crippen molar-refractivity contribution in [1.82, 2.24) is 20.0 Å². The van der Waals surface area contributed by atoms with Crippen LogP contribution in [0.1, 0.15) is 5.56 Å². The molecule has 0 bridgehead atoms. The zero-order valence-electron chi connectivity index (χ0n) is 19.4. The van der Waals surface area contributed by atoms with Gasteiger partial charge in [-0.1, -0.05) is 18.2 Å². The monoisotopic (exact) mass is 436 g/mol. The van der Waals surface area contributed by atoms with Gasteiger partial charge < -0.3 is 24.8 Å². The summed E-state index contributed by atoms with van der Waals surface area (Å²) in [6.07, 6.45) is 3.63. The minimum atomic E-state index is -0.145. The fourth-order valence-corrected chi connectivity index (χ4v) is 3.35. The van der Waals surface area contributed by atoms with E-state index in [2.05, 4.69) is 20.4 Å². The SMILES string of the molecule is COc1cccc(CN(CCN(C)C)C(=O)Nc2ccc(-c3cn[nH]c3)cc2N(C)C)c1. The standard InChI is InChI=1S/C24H32N6O2/c1-28(2)11-12-30(17-18-7-6-8-21(13-18)32-5)24(31)27-22-10-9-19(14-23(22)29(3)4)20-15-25-26-16-20/h6-10,13-16H,11-12,17H2,1-5H3,(H,25,26)(H,27,31). The molecule has 32 heavy (non-hydrogen) atoms. The van der Waals surface area contributed by atoms with Gasteiger partial charge >= 0.3 is 6.03 Å². The van der Waals surface area contributed by atoms with Gasteiger partial charge in [0.2, 0.25) is 0 Å². The minimum absolute atomic E-state index is 0.145. The first-order valence-electron chi connectivity index (χ1n) is 10.5. The normalized spacial score (nSPS) is 10.8. The van der Waals surface area contributed by atoms with Gasteiger partial charge in [0, 0.05) is 45.5 Å². The fourth-order valence-electron chi connectivity index (χ4n) is 3.35.